The number of benzene rings is 1. The molecule has 0 spiro atoms. The van der Waals surface area contributed by atoms with E-state index in [1.807, 2.05) is 24.4 Å². The van der Waals surface area contributed by atoms with Crippen molar-refractivity contribution in [3.05, 3.63) is 71.2 Å². The second-order valence-electron chi connectivity index (χ2n) is 9.89. The van der Waals surface area contributed by atoms with Gasteiger partial charge in [0.25, 0.3) is 0 Å². The van der Waals surface area contributed by atoms with Crippen LogP contribution in [0.15, 0.2) is 55.0 Å². The van der Waals surface area contributed by atoms with Gasteiger partial charge in [-0.05, 0) is 74.8 Å². The molecule has 0 aliphatic carbocycles. The molecule has 5 aromatic heterocycles. The molecular formula is C29H26FN7S. The van der Waals surface area contributed by atoms with Crippen LogP contribution in [0.3, 0.4) is 0 Å². The number of rotatable bonds is 5. The molecule has 38 heavy (non-hydrogen) atoms. The summed E-state index contributed by atoms with van der Waals surface area (Å²) in [5, 5.41) is 7.83. The van der Waals surface area contributed by atoms with Crippen molar-refractivity contribution in [1.82, 2.24) is 35.0 Å². The molecule has 1 saturated heterocycles. The van der Waals surface area contributed by atoms with Gasteiger partial charge in [0.05, 0.1) is 16.4 Å². The number of hydrogen-bond acceptors (Lipinski definition) is 6. The highest BCUT2D eigenvalue weighted by Gasteiger charge is 2.21. The molecule has 190 valence electrons. The van der Waals surface area contributed by atoms with Gasteiger partial charge in [-0.2, -0.15) is 5.10 Å². The molecule has 0 radical (unpaired) electrons. The van der Waals surface area contributed by atoms with E-state index in [0.717, 1.165) is 46.7 Å². The number of piperidine rings is 1. The number of H-pyrrole nitrogens is 2. The van der Waals surface area contributed by atoms with E-state index in [1.54, 1.807) is 29.8 Å². The lowest BCUT2D eigenvalue weighted by Crippen LogP contribution is -2.29. The van der Waals surface area contributed by atoms with E-state index in [0.29, 0.717) is 33.6 Å². The van der Waals surface area contributed by atoms with E-state index in [-0.39, 0.29) is 5.82 Å². The van der Waals surface area contributed by atoms with E-state index < -0.39 is 0 Å². The van der Waals surface area contributed by atoms with E-state index in [2.05, 4.69) is 49.1 Å². The van der Waals surface area contributed by atoms with Crippen LogP contribution >= 0.6 is 11.3 Å². The fraction of sp³-hybridized carbons (Fsp3) is 0.241. The fourth-order valence-corrected chi connectivity index (χ4v) is 6.27. The second-order valence-corrected chi connectivity index (χ2v) is 11.2. The molecule has 6 heterocycles. The first-order valence-electron chi connectivity index (χ1n) is 12.9. The number of fused-ring (bicyclic) bond motifs is 2. The van der Waals surface area contributed by atoms with Crippen LogP contribution in [0.4, 0.5) is 4.39 Å². The summed E-state index contributed by atoms with van der Waals surface area (Å²) in [4.78, 5) is 21.8. The summed E-state index contributed by atoms with van der Waals surface area (Å²) >= 11 is 1.71. The molecule has 7 rings (SSSR count). The summed E-state index contributed by atoms with van der Waals surface area (Å²) in [5.41, 5.74) is 5.80. The lowest BCUT2D eigenvalue weighted by atomic mass is 10.0. The van der Waals surface area contributed by atoms with Gasteiger partial charge in [-0.15, -0.1) is 11.3 Å². The number of pyridine rings is 2. The van der Waals surface area contributed by atoms with Crippen molar-refractivity contribution >= 4 is 33.4 Å². The molecule has 0 bridgehead atoms. The summed E-state index contributed by atoms with van der Waals surface area (Å²) in [6, 6.07) is 11.9. The molecule has 0 amide bonds. The molecular weight excluding hydrogens is 497 g/mol. The maximum absolute atomic E-state index is 16.2. The lowest BCUT2D eigenvalue weighted by Gasteiger charge is -2.26. The monoisotopic (exact) mass is 523 g/mol. The summed E-state index contributed by atoms with van der Waals surface area (Å²) in [6.45, 7) is 5.12. The van der Waals surface area contributed by atoms with Gasteiger partial charge in [-0.25, -0.2) is 14.4 Å². The predicted octanol–water partition coefficient (Wildman–Crippen LogP) is 6.73. The Kier molecular flexibility index (Phi) is 5.74. The lowest BCUT2D eigenvalue weighted by molar-refractivity contribution is 0.220. The Balaban J connectivity index is 1.29. The normalized spacial score (nSPS) is 14.6. The standard InChI is InChI=1S/C29H26FN7S/c1-17-5-8-23(38-17)21-9-10-32-28-26(21)33-29(34-28)27-24-22(35-36-27)7-6-20(25(24)30)19-13-18(14-31-15-19)16-37-11-3-2-4-12-37/h5-10,13-15H,2-4,11-12,16H2,1H3,(H,35,36)(H,32,33,34). The smallest absolute Gasteiger partial charge is 0.178 e. The summed E-state index contributed by atoms with van der Waals surface area (Å²) in [5.74, 6) is 0.137. The minimum absolute atomic E-state index is 0.342. The fourth-order valence-electron chi connectivity index (χ4n) is 5.37. The number of aryl methyl sites for hydroxylation is 1. The van der Waals surface area contributed by atoms with Crippen molar-refractivity contribution in [3.8, 4) is 33.1 Å². The molecule has 1 fully saturated rings. The molecule has 0 saturated carbocycles. The zero-order valence-corrected chi connectivity index (χ0v) is 21.8. The second kappa shape index (κ2) is 9.41. The average Bonchev–Trinajstić information content (AvgIpc) is 3.67. The van der Waals surface area contributed by atoms with Crippen molar-refractivity contribution in [2.24, 2.45) is 0 Å². The number of likely N-dealkylation sites (tertiary alicyclic amines) is 1. The molecule has 7 nitrogen and oxygen atoms in total. The van der Waals surface area contributed by atoms with Crippen LogP contribution in [-0.2, 0) is 6.54 Å². The van der Waals surface area contributed by atoms with Gasteiger partial charge in [0.15, 0.2) is 11.5 Å². The van der Waals surface area contributed by atoms with Gasteiger partial charge in [0.1, 0.15) is 11.5 Å². The zero-order chi connectivity index (χ0) is 25.6. The quantitative estimate of drug-likeness (QED) is 0.262. The van der Waals surface area contributed by atoms with Crippen molar-refractivity contribution in [1.29, 1.82) is 0 Å². The Morgan fingerprint density at radius 2 is 1.92 bits per heavy atom. The third-order valence-electron chi connectivity index (χ3n) is 7.25. The Hall–Kier alpha value is -3.95. The van der Waals surface area contributed by atoms with Crippen LogP contribution in [-0.4, -0.2) is 48.1 Å². The summed E-state index contributed by atoms with van der Waals surface area (Å²) < 4.78 is 16.2. The SMILES string of the molecule is Cc1ccc(-c2ccnc3nc(-c4n[nH]c5ccc(-c6cncc(CN7CCCCC7)c6)c(F)c45)[nH]c23)s1. The highest BCUT2D eigenvalue weighted by Crippen LogP contribution is 2.36. The first kappa shape index (κ1) is 23.2. The Morgan fingerprint density at radius 1 is 1.03 bits per heavy atom. The minimum atomic E-state index is -0.342. The highest BCUT2D eigenvalue weighted by molar-refractivity contribution is 7.15. The number of nitrogens with one attached hydrogen (secondary N) is 2. The Morgan fingerprint density at radius 3 is 2.76 bits per heavy atom. The zero-order valence-electron chi connectivity index (χ0n) is 21.0. The van der Waals surface area contributed by atoms with Crippen LogP contribution in [0.2, 0.25) is 0 Å². The number of aromatic amines is 2. The van der Waals surface area contributed by atoms with Crippen LogP contribution in [0.1, 0.15) is 29.7 Å². The number of thiophene rings is 1. The number of imidazole rings is 1. The number of halogens is 1. The van der Waals surface area contributed by atoms with Gasteiger partial charge in [0, 0.05) is 51.6 Å². The van der Waals surface area contributed by atoms with E-state index >= 15 is 4.39 Å². The van der Waals surface area contributed by atoms with Crippen molar-refractivity contribution in [2.75, 3.05) is 13.1 Å². The van der Waals surface area contributed by atoms with Crippen LogP contribution in [0.5, 0.6) is 0 Å². The van der Waals surface area contributed by atoms with Crippen LogP contribution in [0.25, 0.3) is 55.2 Å². The number of nitrogens with zero attached hydrogens (tertiary/aromatic N) is 5. The van der Waals surface area contributed by atoms with E-state index in [9.17, 15) is 0 Å². The number of hydrogen-bond donors (Lipinski definition) is 2. The molecule has 0 unspecified atom stereocenters. The average molecular weight is 524 g/mol. The van der Waals surface area contributed by atoms with Gasteiger partial charge < -0.3 is 4.98 Å². The third-order valence-corrected chi connectivity index (χ3v) is 8.28. The van der Waals surface area contributed by atoms with Crippen LogP contribution in [0, 0.1) is 12.7 Å². The molecule has 9 heteroatoms. The van der Waals surface area contributed by atoms with Gasteiger partial charge >= 0.3 is 0 Å². The van der Waals surface area contributed by atoms with Gasteiger partial charge in [0.2, 0.25) is 0 Å². The highest BCUT2D eigenvalue weighted by atomic mass is 32.1. The molecule has 1 aliphatic heterocycles. The minimum Gasteiger partial charge on any atom is -0.335 e. The Labute approximate surface area is 222 Å². The largest absolute Gasteiger partial charge is 0.335 e. The summed E-state index contributed by atoms with van der Waals surface area (Å²) in [7, 11) is 0. The van der Waals surface area contributed by atoms with Crippen molar-refractivity contribution in [3.63, 3.8) is 0 Å². The van der Waals surface area contributed by atoms with Gasteiger partial charge in [-0.1, -0.05) is 6.42 Å². The topological polar surface area (TPSA) is 86.4 Å². The van der Waals surface area contributed by atoms with E-state index in [1.165, 1.54) is 24.1 Å². The van der Waals surface area contributed by atoms with Gasteiger partial charge in [-0.3, -0.25) is 15.0 Å². The van der Waals surface area contributed by atoms with Crippen molar-refractivity contribution in [2.45, 2.75) is 32.7 Å². The summed E-state index contributed by atoms with van der Waals surface area (Å²) in [6.07, 6.45) is 9.11. The first-order chi connectivity index (χ1) is 18.6. The molecule has 2 N–H and O–H groups in total. The molecule has 1 aromatic carbocycles. The third kappa shape index (κ3) is 4.08. The number of aromatic nitrogens is 6. The van der Waals surface area contributed by atoms with E-state index in [4.69, 9.17) is 4.98 Å². The Bertz CT molecular complexity index is 1780. The maximum atomic E-state index is 16.2. The van der Waals surface area contributed by atoms with Crippen LogP contribution < -0.4 is 0 Å². The predicted molar refractivity (Wildman–Crippen MR) is 149 cm³/mol. The van der Waals surface area contributed by atoms with Crippen molar-refractivity contribution < 1.29 is 4.39 Å². The molecule has 0 atom stereocenters. The first-order valence-corrected chi connectivity index (χ1v) is 13.7. The maximum Gasteiger partial charge on any atom is 0.178 e. The molecule has 1 aliphatic rings. The molecule has 6 aromatic rings.